The Balaban J connectivity index is 1.69. The summed E-state index contributed by atoms with van der Waals surface area (Å²) in [6.07, 6.45) is 8.37. The summed E-state index contributed by atoms with van der Waals surface area (Å²) in [5.74, 6) is -0.523. The maximum Gasteiger partial charge on any atom is 0.308 e. The summed E-state index contributed by atoms with van der Waals surface area (Å²) in [7, 11) is 0. The Morgan fingerprint density at radius 1 is 1.07 bits per heavy atom. The van der Waals surface area contributed by atoms with E-state index in [9.17, 15) is 15.0 Å². The lowest BCUT2D eigenvalue weighted by atomic mass is 9.45. The quantitative estimate of drug-likeness (QED) is 0.598. The first-order valence-electron chi connectivity index (χ1n) is 11.6. The van der Waals surface area contributed by atoms with Crippen molar-refractivity contribution in [1.82, 2.24) is 0 Å². The van der Waals surface area contributed by atoms with Crippen LogP contribution in [0.15, 0.2) is 0 Å². The van der Waals surface area contributed by atoms with Gasteiger partial charge in [-0.15, -0.1) is 0 Å². The van der Waals surface area contributed by atoms with Crippen molar-refractivity contribution < 1.29 is 24.8 Å². The number of aliphatic hydroxyl groups is 1. The molecule has 0 radical (unpaired) electrons. The number of hydrogen-bond acceptors (Lipinski definition) is 4. The zero-order valence-corrected chi connectivity index (χ0v) is 19.3. The molecule has 2 N–H and O–H groups in total. The molecule has 0 aromatic heterocycles. The molecule has 0 aromatic rings. The van der Waals surface area contributed by atoms with Crippen LogP contribution in [-0.4, -0.2) is 33.5 Å². The van der Waals surface area contributed by atoms with Crippen LogP contribution in [-0.2, 0) is 14.6 Å². The molecule has 0 aromatic carbocycles. The third-order valence-electron chi connectivity index (χ3n) is 9.39. The number of carboxylic acids is 1. The molecule has 1 heterocycles. The van der Waals surface area contributed by atoms with Crippen LogP contribution in [0.5, 0.6) is 0 Å². The van der Waals surface area contributed by atoms with Crippen LogP contribution in [0.4, 0.5) is 0 Å². The molecule has 168 valence electrons. The summed E-state index contributed by atoms with van der Waals surface area (Å²) in [6.45, 7) is 13.0. The van der Waals surface area contributed by atoms with E-state index in [1.807, 2.05) is 0 Å². The van der Waals surface area contributed by atoms with E-state index in [2.05, 4.69) is 34.6 Å². The third-order valence-corrected chi connectivity index (χ3v) is 9.39. The number of rotatable bonds is 5. The number of aliphatic carboxylic acids is 1. The van der Waals surface area contributed by atoms with Gasteiger partial charge in [0.25, 0.3) is 0 Å². The van der Waals surface area contributed by atoms with Gasteiger partial charge < -0.3 is 10.2 Å². The van der Waals surface area contributed by atoms with Gasteiger partial charge in [0.1, 0.15) is 11.7 Å². The highest BCUT2D eigenvalue weighted by Gasteiger charge is 2.60. The molecule has 29 heavy (non-hydrogen) atoms. The minimum atomic E-state index is -0.843. The lowest BCUT2D eigenvalue weighted by Gasteiger charge is -2.62. The average Bonchev–Trinajstić information content (AvgIpc) is 2.65. The number of fused-ring (bicyclic) bond motifs is 1. The van der Waals surface area contributed by atoms with Crippen molar-refractivity contribution in [2.75, 3.05) is 0 Å². The van der Waals surface area contributed by atoms with Crippen molar-refractivity contribution in [1.29, 1.82) is 0 Å². The lowest BCUT2D eigenvalue weighted by Crippen LogP contribution is -2.62. The second kappa shape index (κ2) is 7.80. The predicted molar refractivity (Wildman–Crippen MR) is 112 cm³/mol. The van der Waals surface area contributed by atoms with Gasteiger partial charge in [0.2, 0.25) is 0 Å². The zero-order valence-electron chi connectivity index (χ0n) is 19.3. The largest absolute Gasteiger partial charge is 0.481 e. The summed E-state index contributed by atoms with van der Waals surface area (Å²) in [4.78, 5) is 22.6. The number of carbonyl (C=O) groups is 1. The van der Waals surface area contributed by atoms with Crippen LogP contribution in [0.25, 0.3) is 0 Å². The second-order valence-electron chi connectivity index (χ2n) is 11.5. The van der Waals surface area contributed by atoms with Crippen molar-refractivity contribution >= 4 is 5.97 Å². The molecule has 7 atom stereocenters. The maximum atomic E-state index is 11.8. The topological polar surface area (TPSA) is 76.0 Å². The third kappa shape index (κ3) is 3.99. The van der Waals surface area contributed by atoms with Gasteiger partial charge in [-0.3, -0.25) is 4.79 Å². The fourth-order valence-electron chi connectivity index (χ4n) is 6.50. The fraction of sp³-hybridized carbons (Fsp3) is 0.958. The van der Waals surface area contributed by atoms with E-state index in [0.717, 1.165) is 44.9 Å². The number of hydrogen-bond donors (Lipinski definition) is 2. The van der Waals surface area contributed by atoms with Crippen molar-refractivity contribution in [3.8, 4) is 0 Å². The van der Waals surface area contributed by atoms with Gasteiger partial charge in [-0.05, 0) is 87.9 Å². The molecule has 0 amide bonds. The van der Waals surface area contributed by atoms with E-state index < -0.39 is 23.1 Å². The molecule has 3 aliphatic rings. The minimum Gasteiger partial charge on any atom is -0.481 e. The summed E-state index contributed by atoms with van der Waals surface area (Å²) in [6, 6.07) is 0. The Labute approximate surface area is 176 Å². The van der Waals surface area contributed by atoms with Crippen molar-refractivity contribution in [2.45, 2.75) is 117 Å². The molecule has 0 bridgehead atoms. The molecule has 3 fully saturated rings. The highest BCUT2D eigenvalue weighted by Crippen LogP contribution is 2.62. The van der Waals surface area contributed by atoms with Crippen molar-refractivity contribution in [3.05, 3.63) is 0 Å². The number of carboxylic acid groups (broad SMARTS) is 1. The molecule has 2 aliphatic carbocycles. The van der Waals surface area contributed by atoms with E-state index >= 15 is 0 Å². The van der Waals surface area contributed by atoms with Crippen LogP contribution in [0.2, 0.25) is 0 Å². The highest BCUT2D eigenvalue weighted by atomic mass is 17.2. The Morgan fingerprint density at radius 3 is 2.34 bits per heavy atom. The first-order chi connectivity index (χ1) is 13.3. The standard InChI is InChI=1S/C24H42O5/c1-16-9-13-24(27)19(8-7-11-21(24,3)4)23(16,6)15-14-22(5)12-10-18(28-29-22)17(2)20(25)26/h16-19,27H,7-15H2,1-6H3,(H,25,26)/t16?,17-,18-,19?,22-,23?,24?/m1/s1. The van der Waals surface area contributed by atoms with E-state index in [1.165, 1.54) is 6.42 Å². The van der Waals surface area contributed by atoms with Crippen LogP contribution < -0.4 is 0 Å². The zero-order chi connectivity index (χ0) is 21.7. The molecular weight excluding hydrogens is 368 g/mol. The summed E-state index contributed by atoms with van der Waals surface area (Å²) >= 11 is 0. The molecular formula is C24H42O5. The SMILES string of the molecule is CC1CCC2(O)C(CCCC2(C)C)C1(C)CC[C@@]1(C)CC[C@H]([C@@H](C)C(=O)O)OO1. The molecule has 3 rings (SSSR count). The van der Waals surface area contributed by atoms with Gasteiger partial charge in [-0.1, -0.05) is 34.1 Å². The van der Waals surface area contributed by atoms with E-state index in [1.54, 1.807) is 6.92 Å². The van der Waals surface area contributed by atoms with E-state index in [-0.39, 0.29) is 16.9 Å². The lowest BCUT2D eigenvalue weighted by molar-refractivity contribution is -0.412. The van der Waals surface area contributed by atoms with E-state index in [0.29, 0.717) is 18.3 Å². The van der Waals surface area contributed by atoms with Gasteiger partial charge in [-0.25, -0.2) is 9.78 Å². The van der Waals surface area contributed by atoms with Crippen LogP contribution in [0.1, 0.15) is 99.3 Å². The van der Waals surface area contributed by atoms with Crippen LogP contribution >= 0.6 is 0 Å². The Hall–Kier alpha value is -0.650. The van der Waals surface area contributed by atoms with Gasteiger partial charge in [0.05, 0.1) is 11.5 Å². The Morgan fingerprint density at radius 2 is 1.76 bits per heavy atom. The smallest absolute Gasteiger partial charge is 0.308 e. The molecule has 2 saturated carbocycles. The van der Waals surface area contributed by atoms with Gasteiger partial charge >= 0.3 is 5.97 Å². The van der Waals surface area contributed by atoms with E-state index in [4.69, 9.17) is 9.78 Å². The van der Waals surface area contributed by atoms with Crippen molar-refractivity contribution in [3.63, 3.8) is 0 Å². The normalized spacial score (nSPS) is 46.0. The van der Waals surface area contributed by atoms with Gasteiger partial charge in [0, 0.05) is 0 Å². The summed E-state index contributed by atoms with van der Waals surface area (Å²) in [5, 5.41) is 21.0. The molecule has 5 heteroatoms. The van der Waals surface area contributed by atoms with Gasteiger partial charge in [-0.2, -0.15) is 0 Å². The second-order valence-corrected chi connectivity index (χ2v) is 11.5. The van der Waals surface area contributed by atoms with Crippen LogP contribution in [0, 0.1) is 28.6 Å². The predicted octanol–water partition coefficient (Wildman–Crippen LogP) is 5.35. The molecule has 5 nitrogen and oxygen atoms in total. The highest BCUT2D eigenvalue weighted by molar-refractivity contribution is 5.70. The Kier molecular flexibility index (Phi) is 6.19. The maximum absolute atomic E-state index is 11.8. The fourth-order valence-corrected chi connectivity index (χ4v) is 6.50. The first-order valence-corrected chi connectivity index (χ1v) is 11.6. The molecule has 0 spiro atoms. The van der Waals surface area contributed by atoms with Crippen LogP contribution in [0.3, 0.4) is 0 Å². The Bertz CT molecular complexity index is 608. The molecule has 1 aliphatic heterocycles. The first kappa shape index (κ1) is 23.0. The average molecular weight is 411 g/mol. The van der Waals surface area contributed by atoms with Gasteiger partial charge in [0.15, 0.2) is 0 Å². The molecule has 4 unspecified atom stereocenters. The summed E-state index contributed by atoms with van der Waals surface area (Å²) in [5.41, 5.74) is -0.940. The van der Waals surface area contributed by atoms with Crippen molar-refractivity contribution in [2.24, 2.45) is 28.6 Å². The minimum absolute atomic E-state index is 0.0359. The molecule has 1 saturated heterocycles. The monoisotopic (exact) mass is 410 g/mol. The summed E-state index contributed by atoms with van der Waals surface area (Å²) < 4.78 is 0.